The van der Waals surface area contributed by atoms with E-state index in [-0.39, 0.29) is 5.82 Å². The zero-order chi connectivity index (χ0) is 11.4. The van der Waals surface area contributed by atoms with E-state index in [0.717, 1.165) is 30.1 Å². The maximum atomic E-state index is 13.0. The molecule has 1 aromatic carbocycles. The average Bonchev–Trinajstić information content (AvgIpc) is 2.20. The predicted molar refractivity (Wildman–Crippen MR) is 64.8 cm³/mol. The van der Waals surface area contributed by atoms with Crippen LogP contribution in [0.15, 0.2) is 18.2 Å². The molecule has 0 amide bonds. The summed E-state index contributed by atoms with van der Waals surface area (Å²) in [6, 6.07) is 5.00. The normalized spacial score (nSPS) is 16.1. The zero-order valence-corrected chi connectivity index (χ0v) is 9.93. The lowest BCUT2D eigenvalue weighted by Crippen LogP contribution is -2.21. The van der Waals surface area contributed by atoms with Gasteiger partial charge in [0.05, 0.1) is 0 Å². The van der Waals surface area contributed by atoms with E-state index in [1.165, 1.54) is 31.7 Å². The van der Waals surface area contributed by atoms with Crippen LogP contribution in [0.5, 0.6) is 0 Å². The number of nitrogens with one attached hydrogen (secondary N) is 1. The first kappa shape index (κ1) is 11.6. The molecule has 0 spiro atoms. The lowest BCUT2D eigenvalue weighted by molar-refractivity contribution is 0.292. The molecule has 2 rings (SSSR count). The van der Waals surface area contributed by atoms with E-state index < -0.39 is 0 Å². The van der Waals surface area contributed by atoms with Crippen molar-refractivity contribution in [1.82, 2.24) is 5.32 Å². The van der Waals surface area contributed by atoms with Crippen LogP contribution >= 0.6 is 0 Å². The third-order valence-electron chi connectivity index (χ3n) is 3.58. The molecule has 1 aliphatic rings. The van der Waals surface area contributed by atoms with Crippen molar-refractivity contribution in [1.29, 1.82) is 0 Å². The van der Waals surface area contributed by atoms with Crippen molar-refractivity contribution in [3.63, 3.8) is 0 Å². The molecule has 1 N–H and O–H groups in total. The zero-order valence-electron chi connectivity index (χ0n) is 9.93. The van der Waals surface area contributed by atoms with Gasteiger partial charge in [0.2, 0.25) is 0 Å². The highest BCUT2D eigenvalue weighted by molar-refractivity contribution is 5.26. The van der Waals surface area contributed by atoms with Crippen LogP contribution in [0, 0.1) is 18.7 Å². The van der Waals surface area contributed by atoms with Crippen LogP contribution < -0.4 is 5.32 Å². The number of hydrogen-bond acceptors (Lipinski definition) is 1. The second kappa shape index (κ2) is 5.44. The molecule has 1 aliphatic carbocycles. The Kier molecular flexibility index (Phi) is 3.94. The molecule has 0 bridgehead atoms. The van der Waals surface area contributed by atoms with Gasteiger partial charge in [-0.05, 0) is 49.1 Å². The Hall–Kier alpha value is -0.890. The first-order chi connectivity index (χ1) is 7.75. The average molecular weight is 221 g/mol. The van der Waals surface area contributed by atoms with Crippen LogP contribution in [-0.4, -0.2) is 6.54 Å². The lowest BCUT2D eigenvalue weighted by atomic mass is 9.83. The fourth-order valence-electron chi connectivity index (χ4n) is 2.14. The maximum Gasteiger partial charge on any atom is 0.123 e. The molecule has 0 aliphatic heterocycles. The van der Waals surface area contributed by atoms with Gasteiger partial charge in [-0.1, -0.05) is 25.3 Å². The van der Waals surface area contributed by atoms with Gasteiger partial charge < -0.3 is 5.32 Å². The van der Waals surface area contributed by atoms with Crippen molar-refractivity contribution in [2.75, 3.05) is 6.54 Å². The Labute approximate surface area is 97.1 Å². The highest BCUT2D eigenvalue weighted by atomic mass is 19.1. The van der Waals surface area contributed by atoms with E-state index >= 15 is 0 Å². The monoisotopic (exact) mass is 221 g/mol. The molecule has 88 valence electrons. The van der Waals surface area contributed by atoms with Crippen molar-refractivity contribution in [3.8, 4) is 0 Å². The fourth-order valence-corrected chi connectivity index (χ4v) is 2.14. The van der Waals surface area contributed by atoms with Crippen LogP contribution in [-0.2, 0) is 6.54 Å². The highest BCUT2D eigenvalue weighted by Crippen LogP contribution is 2.28. The number of benzene rings is 1. The Morgan fingerprint density at radius 2 is 2.19 bits per heavy atom. The van der Waals surface area contributed by atoms with E-state index in [1.54, 1.807) is 6.07 Å². The van der Waals surface area contributed by atoms with Gasteiger partial charge in [0, 0.05) is 6.54 Å². The molecule has 0 atom stereocenters. The first-order valence-electron chi connectivity index (χ1n) is 6.21. The molecule has 1 aromatic rings. The van der Waals surface area contributed by atoms with E-state index in [0.29, 0.717) is 0 Å². The molecule has 0 radical (unpaired) electrons. The van der Waals surface area contributed by atoms with Gasteiger partial charge in [0.15, 0.2) is 0 Å². The summed E-state index contributed by atoms with van der Waals surface area (Å²) in [6.07, 6.45) is 5.49. The van der Waals surface area contributed by atoms with E-state index in [1.807, 2.05) is 13.0 Å². The van der Waals surface area contributed by atoms with E-state index in [4.69, 9.17) is 0 Å². The predicted octanol–water partition coefficient (Wildman–Crippen LogP) is 3.41. The summed E-state index contributed by atoms with van der Waals surface area (Å²) in [5, 5.41) is 3.40. The van der Waals surface area contributed by atoms with Gasteiger partial charge in [0.1, 0.15) is 5.82 Å². The molecule has 0 saturated heterocycles. The Morgan fingerprint density at radius 1 is 1.38 bits per heavy atom. The van der Waals surface area contributed by atoms with Crippen LogP contribution in [0.3, 0.4) is 0 Å². The third kappa shape index (κ3) is 3.05. The summed E-state index contributed by atoms with van der Waals surface area (Å²) in [5.74, 6) is 0.808. The van der Waals surface area contributed by atoms with Gasteiger partial charge in [-0.15, -0.1) is 0 Å². The SMILES string of the molecule is Cc1ccc(F)cc1CNCCC1CCC1. The summed E-state index contributed by atoms with van der Waals surface area (Å²) in [7, 11) is 0. The molecule has 1 saturated carbocycles. The Morgan fingerprint density at radius 3 is 2.88 bits per heavy atom. The minimum Gasteiger partial charge on any atom is -0.313 e. The first-order valence-corrected chi connectivity index (χ1v) is 6.21. The largest absolute Gasteiger partial charge is 0.313 e. The van der Waals surface area contributed by atoms with Crippen LogP contribution in [0.1, 0.15) is 36.8 Å². The summed E-state index contributed by atoms with van der Waals surface area (Å²) < 4.78 is 13.0. The number of rotatable bonds is 5. The molecule has 0 heterocycles. The molecular weight excluding hydrogens is 201 g/mol. The van der Waals surface area contributed by atoms with Crippen molar-refractivity contribution in [3.05, 3.63) is 35.1 Å². The molecule has 0 aromatic heterocycles. The minimum atomic E-state index is -0.138. The van der Waals surface area contributed by atoms with Crippen LogP contribution in [0.25, 0.3) is 0 Å². The van der Waals surface area contributed by atoms with Crippen molar-refractivity contribution < 1.29 is 4.39 Å². The quantitative estimate of drug-likeness (QED) is 0.751. The fraction of sp³-hybridized carbons (Fsp3) is 0.571. The standard InChI is InChI=1S/C14H20FN/c1-11-5-6-14(15)9-13(11)10-16-8-7-12-3-2-4-12/h5-6,9,12,16H,2-4,7-8,10H2,1H3. The van der Waals surface area contributed by atoms with Gasteiger partial charge in [0.25, 0.3) is 0 Å². The molecule has 2 heteroatoms. The molecular formula is C14H20FN. The van der Waals surface area contributed by atoms with E-state index in [2.05, 4.69) is 5.32 Å². The number of aryl methyl sites for hydroxylation is 1. The molecule has 0 unspecified atom stereocenters. The van der Waals surface area contributed by atoms with Gasteiger partial charge >= 0.3 is 0 Å². The maximum absolute atomic E-state index is 13.0. The number of halogens is 1. The molecule has 1 nitrogen and oxygen atoms in total. The summed E-state index contributed by atoms with van der Waals surface area (Å²) in [6.45, 7) is 3.87. The highest BCUT2D eigenvalue weighted by Gasteiger charge is 2.16. The lowest BCUT2D eigenvalue weighted by Gasteiger charge is -2.25. The third-order valence-corrected chi connectivity index (χ3v) is 3.58. The van der Waals surface area contributed by atoms with Crippen molar-refractivity contribution >= 4 is 0 Å². The topological polar surface area (TPSA) is 12.0 Å². The summed E-state index contributed by atoms with van der Waals surface area (Å²) in [4.78, 5) is 0. The van der Waals surface area contributed by atoms with E-state index in [9.17, 15) is 4.39 Å². The van der Waals surface area contributed by atoms with Gasteiger partial charge in [-0.2, -0.15) is 0 Å². The number of hydrogen-bond donors (Lipinski definition) is 1. The Bertz CT molecular complexity index is 345. The van der Waals surface area contributed by atoms with Crippen molar-refractivity contribution in [2.45, 2.75) is 39.2 Å². The van der Waals surface area contributed by atoms with Crippen LogP contribution in [0.2, 0.25) is 0 Å². The van der Waals surface area contributed by atoms with Crippen LogP contribution in [0.4, 0.5) is 4.39 Å². The second-order valence-corrected chi connectivity index (χ2v) is 4.83. The smallest absolute Gasteiger partial charge is 0.123 e. The van der Waals surface area contributed by atoms with Gasteiger partial charge in [-0.25, -0.2) is 4.39 Å². The summed E-state index contributed by atoms with van der Waals surface area (Å²) in [5.41, 5.74) is 2.24. The van der Waals surface area contributed by atoms with Crippen molar-refractivity contribution in [2.24, 2.45) is 5.92 Å². The molecule has 16 heavy (non-hydrogen) atoms. The second-order valence-electron chi connectivity index (χ2n) is 4.83. The molecule has 1 fully saturated rings. The Balaban J connectivity index is 1.73. The summed E-state index contributed by atoms with van der Waals surface area (Å²) >= 11 is 0. The van der Waals surface area contributed by atoms with Gasteiger partial charge in [-0.3, -0.25) is 0 Å². The minimum absolute atomic E-state index is 0.138.